The maximum atomic E-state index is 12.7. The maximum absolute atomic E-state index is 12.7. The van der Waals surface area contributed by atoms with Crippen LogP contribution in [-0.4, -0.2) is 10.9 Å². The van der Waals surface area contributed by atoms with Crippen molar-refractivity contribution in [2.24, 2.45) is 0 Å². The van der Waals surface area contributed by atoms with E-state index in [2.05, 4.69) is 40.7 Å². The number of pyridine rings is 1. The molecule has 0 unspecified atom stereocenters. The van der Waals surface area contributed by atoms with E-state index in [0.29, 0.717) is 17.0 Å². The van der Waals surface area contributed by atoms with E-state index in [1.807, 2.05) is 72.8 Å². The van der Waals surface area contributed by atoms with Gasteiger partial charge in [-0.2, -0.15) is 0 Å². The number of carbonyl (C=O) groups excluding carboxylic acids is 1. The van der Waals surface area contributed by atoms with E-state index in [9.17, 15) is 4.79 Å². The largest absolute Gasteiger partial charge is 0.457 e. The number of fused-ring (bicyclic) bond motifs is 1. The van der Waals surface area contributed by atoms with Crippen LogP contribution < -0.4 is 15.4 Å². The number of ether oxygens (including phenoxy) is 1. The lowest BCUT2D eigenvalue weighted by Crippen LogP contribution is -2.11. The Balaban J connectivity index is 1.24. The van der Waals surface area contributed by atoms with Crippen molar-refractivity contribution in [3.8, 4) is 11.5 Å². The summed E-state index contributed by atoms with van der Waals surface area (Å²) >= 11 is 0. The number of nitrogens with zero attached hydrogens (tertiary/aromatic N) is 1. The topological polar surface area (TPSA) is 63.2 Å². The molecule has 166 valence electrons. The summed E-state index contributed by atoms with van der Waals surface area (Å²) in [7, 11) is 0. The van der Waals surface area contributed by atoms with Crippen molar-refractivity contribution in [1.82, 2.24) is 4.98 Å². The zero-order valence-electron chi connectivity index (χ0n) is 18.7. The van der Waals surface area contributed by atoms with Gasteiger partial charge in [0.1, 0.15) is 11.5 Å². The number of amides is 1. The Labute approximate surface area is 198 Å². The lowest BCUT2D eigenvalue weighted by atomic mass is 10.1. The molecule has 0 saturated heterocycles. The highest BCUT2D eigenvalue weighted by Gasteiger charge is 2.08. The predicted molar refractivity (Wildman–Crippen MR) is 137 cm³/mol. The minimum Gasteiger partial charge on any atom is -0.457 e. The molecular weight excluding hydrogens is 422 g/mol. The first kappa shape index (κ1) is 21.2. The van der Waals surface area contributed by atoms with Crippen LogP contribution in [0.25, 0.3) is 10.9 Å². The van der Waals surface area contributed by atoms with Gasteiger partial charge in [0, 0.05) is 34.2 Å². The number of para-hydroxylation sites is 1. The van der Waals surface area contributed by atoms with E-state index < -0.39 is 0 Å². The second-order valence-corrected chi connectivity index (χ2v) is 7.98. The molecule has 0 spiro atoms. The molecule has 0 bridgehead atoms. The highest BCUT2D eigenvalue weighted by atomic mass is 16.5. The van der Waals surface area contributed by atoms with E-state index in [1.165, 1.54) is 5.56 Å². The fraction of sp³-hybridized carbons (Fsp3) is 0.0345. The Morgan fingerprint density at radius 1 is 0.765 bits per heavy atom. The predicted octanol–water partition coefficient (Wildman–Crippen LogP) is 7.33. The summed E-state index contributed by atoms with van der Waals surface area (Å²) in [5, 5.41) is 7.40. The van der Waals surface area contributed by atoms with E-state index in [0.717, 1.165) is 28.0 Å². The number of aryl methyl sites for hydroxylation is 1. The van der Waals surface area contributed by atoms with Crippen molar-refractivity contribution >= 4 is 33.9 Å². The molecular formula is C29H23N3O2. The average Bonchev–Trinajstić information content (AvgIpc) is 2.86. The Morgan fingerprint density at radius 2 is 1.47 bits per heavy atom. The number of aromatic nitrogens is 1. The van der Waals surface area contributed by atoms with Crippen LogP contribution in [0.2, 0.25) is 0 Å². The van der Waals surface area contributed by atoms with Gasteiger partial charge in [0.25, 0.3) is 5.91 Å². The fourth-order valence-electron chi connectivity index (χ4n) is 3.66. The average molecular weight is 446 g/mol. The van der Waals surface area contributed by atoms with Crippen LogP contribution in [0.5, 0.6) is 11.5 Å². The lowest BCUT2D eigenvalue weighted by molar-refractivity contribution is 0.102. The third-order valence-electron chi connectivity index (χ3n) is 5.42. The molecule has 4 aromatic carbocycles. The Kier molecular flexibility index (Phi) is 5.91. The van der Waals surface area contributed by atoms with Gasteiger partial charge in [0.05, 0.1) is 5.52 Å². The van der Waals surface area contributed by atoms with Gasteiger partial charge in [-0.25, -0.2) is 0 Å². The number of hydrogen-bond acceptors (Lipinski definition) is 4. The summed E-state index contributed by atoms with van der Waals surface area (Å²) in [6.45, 7) is 2.05. The Morgan fingerprint density at radius 3 is 2.24 bits per heavy atom. The van der Waals surface area contributed by atoms with Crippen molar-refractivity contribution in [1.29, 1.82) is 0 Å². The quantitative estimate of drug-likeness (QED) is 0.287. The van der Waals surface area contributed by atoms with Gasteiger partial charge < -0.3 is 15.4 Å². The van der Waals surface area contributed by atoms with Crippen LogP contribution >= 0.6 is 0 Å². The van der Waals surface area contributed by atoms with Crippen molar-refractivity contribution in [3.05, 3.63) is 120 Å². The van der Waals surface area contributed by atoms with Gasteiger partial charge in [-0.3, -0.25) is 9.78 Å². The highest BCUT2D eigenvalue weighted by Crippen LogP contribution is 2.26. The van der Waals surface area contributed by atoms with Crippen molar-refractivity contribution in [3.63, 3.8) is 0 Å². The third kappa shape index (κ3) is 4.89. The van der Waals surface area contributed by atoms with Gasteiger partial charge in [0.15, 0.2) is 0 Å². The fourth-order valence-corrected chi connectivity index (χ4v) is 3.66. The highest BCUT2D eigenvalue weighted by molar-refractivity contribution is 6.04. The van der Waals surface area contributed by atoms with E-state index >= 15 is 0 Å². The minimum absolute atomic E-state index is 0.173. The summed E-state index contributed by atoms with van der Waals surface area (Å²) in [5.74, 6) is 1.30. The molecule has 34 heavy (non-hydrogen) atoms. The zero-order chi connectivity index (χ0) is 23.3. The Hall–Kier alpha value is -4.64. The number of hydrogen-bond donors (Lipinski definition) is 2. The van der Waals surface area contributed by atoms with Gasteiger partial charge in [-0.05, 0) is 85.3 Å². The Bertz CT molecular complexity index is 1430. The summed E-state index contributed by atoms with van der Waals surface area (Å²) in [6, 6.07) is 32.4. The molecule has 1 aromatic heterocycles. The molecule has 0 fully saturated rings. The van der Waals surface area contributed by atoms with Gasteiger partial charge >= 0.3 is 0 Å². The molecule has 0 saturated carbocycles. The summed E-state index contributed by atoms with van der Waals surface area (Å²) in [6.07, 6.45) is 1.79. The summed E-state index contributed by atoms with van der Waals surface area (Å²) in [4.78, 5) is 17.1. The summed E-state index contributed by atoms with van der Waals surface area (Å²) in [5.41, 5.74) is 5.26. The number of carbonyl (C=O) groups is 1. The van der Waals surface area contributed by atoms with E-state index in [-0.39, 0.29) is 5.91 Å². The SMILES string of the molecule is Cc1ccc2c(Nc3ccc(C(=O)Nc4ccc(Oc5ccccc5)cc4)cc3)ccnc2c1. The van der Waals surface area contributed by atoms with Crippen molar-refractivity contribution in [2.45, 2.75) is 6.92 Å². The third-order valence-corrected chi connectivity index (χ3v) is 5.42. The second-order valence-electron chi connectivity index (χ2n) is 7.98. The maximum Gasteiger partial charge on any atom is 0.255 e. The van der Waals surface area contributed by atoms with Crippen LogP contribution in [0.4, 0.5) is 17.1 Å². The smallest absolute Gasteiger partial charge is 0.255 e. The molecule has 0 atom stereocenters. The number of anilines is 3. The van der Waals surface area contributed by atoms with E-state index in [1.54, 1.807) is 18.3 Å². The normalized spacial score (nSPS) is 10.6. The molecule has 5 rings (SSSR count). The lowest BCUT2D eigenvalue weighted by Gasteiger charge is -2.11. The monoisotopic (exact) mass is 445 g/mol. The molecule has 0 aliphatic heterocycles. The standard InChI is InChI=1S/C29H23N3O2/c1-20-7-16-26-27(17-18-30-28(26)19-20)31-22-10-8-21(9-11-22)29(33)32-23-12-14-25(15-13-23)34-24-5-3-2-4-6-24/h2-19H,1H3,(H,30,31)(H,32,33). The molecule has 0 aliphatic rings. The number of rotatable bonds is 6. The van der Waals surface area contributed by atoms with E-state index in [4.69, 9.17) is 4.74 Å². The van der Waals surface area contributed by atoms with Crippen LogP contribution in [0.1, 0.15) is 15.9 Å². The molecule has 2 N–H and O–H groups in total. The van der Waals surface area contributed by atoms with Crippen LogP contribution in [0, 0.1) is 6.92 Å². The molecule has 1 heterocycles. The van der Waals surface area contributed by atoms with Crippen LogP contribution in [0.3, 0.4) is 0 Å². The van der Waals surface area contributed by atoms with Crippen molar-refractivity contribution < 1.29 is 9.53 Å². The van der Waals surface area contributed by atoms with Gasteiger partial charge in [-0.1, -0.05) is 30.3 Å². The molecule has 5 nitrogen and oxygen atoms in total. The van der Waals surface area contributed by atoms with Crippen molar-refractivity contribution in [2.75, 3.05) is 10.6 Å². The molecule has 1 amide bonds. The molecule has 5 aromatic rings. The second kappa shape index (κ2) is 9.46. The number of nitrogens with one attached hydrogen (secondary N) is 2. The molecule has 0 aliphatic carbocycles. The summed E-state index contributed by atoms with van der Waals surface area (Å²) < 4.78 is 5.79. The first-order valence-corrected chi connectivity index (χ1v) is 11.0. The first-order chi connectivity index (χ1) is 16.6. The van der Waals surface area contributed by atoms with Crippen LogP contribution in [0.15, 0.2) is 109 Å². The molecule has 5 heteroatoms. The van der Waals surface area contributed by atoms with Gasteiger partial charge in [0.2, 0.25) is 0 Å². The zero-order valence-corrected chi connectivity index (χ0v) is 18.7. The van der Waals surface area contributed by atoms with Gasteiger partial charge in [-0.15, -0.1) is 0 Å². The van der Waals surface area contributed by atoms with Crippen LogP contribution in [-0.2, 0) is 0 Å². The minimum atomic E-state index is -0.173. The number of benzene rings is 4. The molecule has 0 radical (unpaired) electrons. The first-order valence-electron chi connectivity index (χ1n) is 11.0.